The number of aryl methyl sites for hydroxylation is 1. The van der Waals surface area contributed by atoms with Crippen molar-refractivity contribution in [3.8, 4) is 0 Å². The van der Waals surface area contributed by atoms with Gasteiger partial charge in [-0.2, -0.15) is 0 Å². The summed E-state index contributed by atoms with van der Waals surface area (Å²) in [5, 5.41) is 4.98. The van der Waals surface area contributed by atoms with Crippen LogP contribution < -0.4 is 0 Å². The lowest BCUT2D eigenvalue weighted by Gasteiger charge is -2.07. The van der Waals surface area contributed by atoms with Crippen molar-refractivity contribution in [2.75, 3.05) is 0 Å². The smallest absolute Gasteiger partial charge is 0.139 e. The van der Waals surface area contributed by atoms with Crippen LogP contribution >= 0.6 is 0 Å². The van der Waals surface area contributed by atoms with Gasteiger partial charge in [-0.25, -0.2) is 0 Å². The number of benzene rings is 4. The van der Waals surface area contributed by atoms with Crippen LogP contribution in [0.1, 0.15) is 16.7 Å². The van der Waals surface area contributed by atoms with E-state index >= 15 is 0 Å². The van der Waals surface area contributed by atoms with Crippen LogP contribution in [0, 0.1) is 6.92 Å². The van der Waals surface area contributed by atoms with E-state index in [1.165, 1.54) is 38.2 Å². The fourth-order valence-electron chi connectivity index (χ4n) is 3.80. The van der Waals surface area contributed by atoms with Gasteiger partial charge in [-0.15, -0.1) is 0 Å². The first kappa shape index (κ1) is 14.3. The molecule has 0 N–H and O–H groups in total. The Kier molecular flexibility index (Phi) is 3.14. The van der Waals surface area contributed by atoms with Crippen LogP contribution in [0.25, 0.3) is 32.7 Å². The van der Waals surface area contributed by atoms with Gasteiger partial charge in [0, 0.05) is 22.8 Å². The molecule has 0 aliphatic rings. The number of furan rings is 1. The van der Waals surface area contributed by atoms with Crippen LogP contribution in [0.15, 0.2) is 83.3 Å². The fourth-order valence-corrected chi connectivity index (χ4v) is 3.80. The maximum atomic E-state index is 6.39. The van der Waals surface area contributed by atoms with E-state index in [0.717, 1.165) is 17.6 Å². The molecule has 0 fully saturated rings. The van der Waals surface area contributed by atoms with E-state index in [-0.39, 0.29) is 0 Å². The van der Waals surface area contributed by atoms with E-state index < -0.39 is 0 Å². The standard InChI is InChI=1S/C24H18O/c1-16-8-7-13-21-22-20-12-6-5-11-18(20)15-19(24(22)25-23(16)21)14-17-9-3-2-4-10-17/h2-13,15H,14H2,1H3. The van der Waals surface area contributed by atoms with E-state index in [2.05, 4.69) is 85.8 Å². The minimum atomic E-state index is 0.876. The van der Waals surface area contributed by atoms with Crippen LogP contribution in [0.3, 0.4) is 0 Å². The zero-order valence-electron chi connectivity index (χ0n) is 14.1. The van der Waals surface area contributed by atoms with Gasteiger partial charge in [0.1, 0.15) is 11.2 Å². The van der Waals surface area contributed by atoms with Gasteiger partial charge in [-0.05, 0) is 34.9 Å². The highest BCUT2D eigenvalue weighted by Crippen LogP contribution is 2.38. The molecular weight excluding hydrogens is 304 g/mol. The van der Waals surface area contributed by atoms with Crippen molar-refractivity contribution in [2.45, 2.75) is 13.3 Å². The summed E-state index contributed by atoms with van der Waals surface area (Å²) in [6.07, 6.45) is 0.876. The zero-order chi connectivity index (χ0) is 16.8. The fraction of sp³-hybridized carbons (Fsp3) is 0.0833. The predicted molar refractivity (Wildman–Crippen MR) is 105 cm³/mol. The molecule has 4 aromatic carbocycles. The molecule has 0 spiro atoms. The summed E-state index contributed by atoms with van der Waals surface area (Å²) in [4.78, 5) is 0. The van der Waals surface area contributed by atoms with Gasteiger partial charge in [0.2, 0.25) is 0 Å². The highest BCUT2D eigenvalue weighted by atomic mass is 16.3. The lowest BCUT2D eigenvalue weighted by atomic mass is 9.96. The maximum absolute atomic E-state index is 6.39. The topological polar surface area (TPSA) is 13.1 Å². The first-order valence-corrected chi connectivity index (χ1v) is 8.67. The van der Waals surface area contributed by atoms with Crippen molar-refractivity contribution >= 4 is 32.7 Å². The summed E-state index contributed by atoms with van der Waals surface area (Å²) >= 11 is 0. The van der Waals surface area contributed by atoms with E-state index in [1.807, 2.05) is 0 Å². The van der Waals surface area contributed by atoms with Crippen molar-refractivity contribution in [1.29, 1.82) is 0 Å². The second-order valence-electron chi connectivity index (χ2n) is 6.68. The quantitative estimate of drug-likeness (QED) is 0.355. The van der Waals surface area contributed by atoms with Crippen LogP contribution in [0.2, 0.25) is 0 Å². The Balaban J connectivity index is 1.90. The Morgan fingerprint density at radius 3 is 2.36 bits per heavy atom. The highest BCUT2D eigenvalue weighted by molar-refractivity contribution is 6.20. The van der Waals surface area contributed by atoms with Crippen LogP contribution in [0.4, 0.5) is 0 Å². The third-order valence-corrected chi connectivity index (χ3v) is 5.00. The number of hydrogen-bond donors (Lipinski definition) is 0. The summed E-state index contributed by atoms with van der Waals surface area (Å²) in [7, 11) is 0. The number of hydrogen-bond acceptors (Lipinski definition) is 1. The molecule has 0 aliphatic heterocycles. The van der Waals surface area contributed by atoms with Crippen LogP contribution in [-0.2, 0) is 6.42 Å². The molecule has 0 atom stereocenters. The molecule has 25 heavy (non-hydrogen) atoms. The normalized spacial score (nSPS) is 11.6. The van der Waals surface area contributed by atoms with Crippen LogP contribution in [-0.4, -0.2) is 0 Å². The van der Waals surface area contributed by atoms with Crippen molar-refractivity contribution in [1.82, 2.24) is 0 Å². The zero-order valence-corrected chi connectivity index (χ0v) is 14.1. The number of para-hydroxylation sites is 1. The van der Waals surface area contributed by atoms with Gasteiger partial charge in [-0.3, -0.25) is 0 Å². The van der Waals surface area contributed by atoms with Crippen molar-refractivity contribution in [3.63, 3.8) is 0 Å². The van der Waals surface area contributed by atoms with Gasteiger partial charge < -0.3 is 4.42 Å². The van der Waals surface area contributed by atoms with E-state index in [1.54, 1.807) is 0 Å². The Morgan fingerprint density at radius 2 is 1.48 bits per heavy atom. The molecule has 1 heterocycles. The summed E-state index contributed by atoms with van der Waals surface area (Å²) in [6, 6.07) is 27.9. The molecule has 0 radical (unpaired) electrons. The molecular formula is C24H18O. The molecule has 120 valence electrons. The second kappa shape index (κ2) is 5.49. The average molecular weight is 322 g/mol. The van der Waals surface area contributed by atoms with Crippen molar-refractivity contribution in [3.05, 3.63) is 95.6 Å². The largest absolute Gasteiger partial charge is 0.455 e. The predicted octanol–water partition coefficient (Wildman–Crippen LogP) is 6.64. The van der Waals surface area contributed by atoms with Crippen molar-refractivity contribution < 1.29 is 4.42 Å². The monoisotopic (exact) mass is 322 g/mol. The minimum absolute atomic E-state index is 0.876. The number of rotatable bonds is 2. The lowest BCUT2D eigenvalue weighted by Crippen LogP contribution is -1.89. The van der Waals surface area contributed by atoms with E-state index in [9.17, 15) is 0 Å². The summed E-state index contributed by atoms with van der Waals surface area (Å²) in [5.74, 6) is 0. The van der Waals surface area contributed by atoms with E-state index in [4.69, 9.17) is 4.42 Å². The molecule has 1 aromatic heterocycles. The average Bonchev–Trinajstić information content (AvgIpc) is 3.04. The molecule has 0 bridgehead atoms. The molecule has 1 nitrogen and oxygen atoms in total. The minimum Gasteiger partial charge on any atom is -0.455 e. The van der Waals surface area contributed by atoms with Crippen molar-refractivity contribution in [2.24, 2.45) is 0 Å². The van der Waals surface area contributed by atoms with E-state index in [0.29, 0.717) is 0 Å². The third-order valence-electron chi connectivity index (χ3n) is 5.00. The van der Waals surface area contributed by atoms with Gasteiger partial charge >= 0.3 is 0 Å². The molecule has 0 saturated heterocycles. The molecule has 5 rings (SSSR count). The molecule has 0 amide bonds. The lowest BCUT2D eigenvalue weighted by molar-refractivity contribution is 0.661. The SMILES string of the molecule is Cc1cccc2c1oc1c(Cc3ccccc3)cc3ccccc3c12. The van der Waals surface area contributed by atoms with Gasteiger partial charge in [0.05, 0.1) is 0 Å². The van der Waals surface area contributed by atoms with Gasteiger partial charge in [-0.1, -0.05) is 72.8 Å². The Labute approximate surface area is 146 Å². The van der Waals surface area contributed by atoms with Gasteiger partial charge in [0.25, 0.3) is 0 Å². The highest BCUT2D eigenvalue weighted by Gasteiger charge is 2.16. The molecule has 5 aromatic rings. The Morgan fingerprint density at radius 1 is 0.720 bits per heavy atom. The first-order chi connectivity index (χ1) is 12.3. The molecule has 1 heteroatoms. The first-order valence-electron chi connectivity index (χ1n) is 8.67. The summed E-state index contributed by atoms with van der Waals surface area (Å²) in [6.45, 7) is 2.11. The molecule has 0 saturated carbocycles. The Bertz CT molecular complexity index is 1210. The maximum Gasteiger partial charge on any atom is 0.139 e. The number of fused-ring (bicyclic) bond motifs is 5. The summed E-state index contributed by atoms with van der Waals surface area (Å²) < 4.78 is 6.39. The Hall–Kier alpha value is -3.06. The van der Waals surface area contributed by atoms with Gasteiger partial charge in [0.15, 0.2) is 0 Å². The van der Waals surface area contributed by atoms with Crippen LogP contribution in [0.5, 0.6) is 0 Å². The third kappa shape index (κ3) is 2.24. The molecule has 0 unspecified atom stereocenters. The second-order valence-corrected chi connectivity index (χ2v) is 6.68. The summed E-state index contributed by atoms with van der Waals surface area (Å²) in [5.41, 5.74) is 5.75. The molecule has 0 aliphatic carbocycles.